The maximum Gasteiger partial charge on any atom is 0.270 e. The fourth-order valence-corrected chi connectivity index (χ4v) is 2.05. The van der Waals surface area contributed by atoms with Crippen LogP contribution in [-0.2, 0) is 6.54 Å². The molecule has 0 saturated carbocycles. The number of rotatable bonds is 3. The standard InChI is InChI=1S/C11H15F2N3O/c12-10(13)7-15-4-1-2-9(15)11(17)16-5-3-8(14)6-16/h1-2,4,8,10H,3,5-7,14H2/t8-/m1/s1. The third kappa shape index (κ3) is 2.63. The van der Waals surface area contributed by atoms with E-state index in [0.717, 1.165) is 6.42 Å². The number of likely N-dealkylation sites (tertiary alicyclic amines) is 1. The smallest absolute Gasteiger partial charge is 0.270 e. The van der Waals surface area contributed by atoms with Crippen LogP contribution in [0.25, 0.3) is 0 Å². The van der Waals surface area contributed by atoms with Gasteiger partial charge >= 0.3 is 0 Å². The molecule has 17 heavy (non-hydrogen) atoms. The van der Waals surface area contributed by atoms with E-state index in [1.807, 2.05) is 0 Å². The second-order valence-corrected chi connectivity index (χ2v) is 4.24. The van der Waals surface area contributed by atoms with Gasteiger partial charge in [0.25, 0.3) is 12.3 Å². The monoisotopic (exact) mass is 243 g/mol. The predicted molar refractivity (Wildman–Crippen MR) is 58.9 cm³/mol. The third-order valence-electron chi connectivity index (χ3n) is 2.90. The fourth-order valence-electron chi connectivity index (χ4n) is 2.05. The van der Waals surface area contributed by atoms with E-state index in [-0.39, 0.29) is 11.9 Å². The van der Waals surface area contributed by atoms with Gasteiger partial charge in [-0.2, -0.15) is 0 Å². The molecule has 1 amide bonds. The summed E-state index contributed by atoms with van der Waals surface area (Å²) in [5, 5.41) is 0. The first-order valence-electron chi connectivity index (χ1n) is 5.56. The molecule has 2 rings (SSSR count). The maximum atomic E-state index is 12.3. The van der Waals surface area contributed by atoms with Crippen LogP contribution < -0.4 is 5.73 Å². The number of carbonyl (C=O) groups is 1. The Morgan fingerprint density at radius 2 is 2.35 bits per heavy atom. The van der Waals surface area contributed by atoms with Crippen molar-refractivity contribution in [1.82, 2.24) is 9.47 Å². The molecule has 1 fully saturated rings. The second kappa shape index (κ2) is 4.83. The lowest BCUT2D eigenvalue weighted by Gasteiger charge is -2.17. The zero-order valence-electron chi connectivity index (χ0n) is 9.35. The van der Waals surface area contributed by atoms with Crippen molar-refractivity contribution < 1.29 is 13.6 Å². The Labute approximate surface area is 98.0 Å². The van der Waals surface area contributed by atoms with Crippen LogP contribution >= 0.6 is 0 Å². The number of hydrogen-bond donors (Lipinski definition) is 1. The molecule has 0 unspecified atom stereocenters. The molecule has 1 saturated heterocycles. The fraction of sp³-hybridized carbons (Fsp3) is 0.545. The van der Waals surface area contributed by atoms with Gasteiger partial charge in [0, 0.05) is 25.3 Å². The summed E-state index contributed by atoms with van der Waals surface area (Å²) >= 11 is 0. The lowest BCUT2D eigenvalue weighted by atomic mass is 10.3. The minimum Gasteiger partial charge on any atom is -0.338 e. The van der Waals surface area contributed by atoms with Crippen LogP contribution in [0.15, 0.2) is 18.3 Å². The van der Waals surface area contributed by atoms with E-state index in [1.165, 1.54) is 10.8 Å². The zero-order chi connectivity index (χ0) is 12.4. The van der Waals surface area contributed by atoms with Crippen molar-refractivity contribution in [2.24, 2.45) is 5.73 Å². The summed E-state index contributed by atoms with van der Waals surface area (Å²) in [6, 6.07) is 3.16. The molecule has 6 heteroatoms. The highest BCUT2D eigenvalue weighted by atomic mass is 19.3. The van der Waals surface area contributed by atoms with E-state index >= 15 is 0 Å². The molecule has 0 spiro atoms. The van der Waals surface area contributed by atoms with Gasteiger partial charge in [-0.3, -0.25) is 4.79 Å². The van der Waals surface area contributed by atoms with Gasteiger partial charge in [-0.25, -0.2) is 8.78 Å². The summed E-state index contributed by atoms with van der Waals surface area (Å²) < 4.78 is 25.9. The molecule has 1 aromatic heterocycles. The number of nitrogens with zero attached hydrogens (tertiary/aromatic N) is 2. The Kier molecular flexibility index (Phi) is 3.42. The summed E-state index contributed by atoms with van der Waals surface area (Å²) in [5.41, 5.74) is 6.02. The van der Waals surface area contributed by atoms with E-state index < -0.39 is 13.0 Å². The zero-order valence-corrected chi connectivity index (χ0v) is 9.35. The largest absolute Gasteiger partial charge is 0.338 e. The average Bonchev–Trinajstić information content (AvgIpc) is 2.85. The molecule has 94 valence electrons. The van der Waals surface area contributed by atoms with Crippen molar-refractivity contribution in [2.75, 3.05) is 13.1 Å². The molecule has 4 nitrogen and oxygen atoms in total. The molecule has 2 N–H and O–H groups in total. The van der Waals surface area contributed by atoms with Gasteiger partial charge in [0.05, 0.1) is 6.54 Å². The van der Waals surface area contributed by atoms with Gasteiger partial charge < -0.3 is 15.2 Å². The normalized spacial score (nSPS) is 20.2. The Morgan fingerprint density at radius 3 is 2.94 bits per heavy atom. The van der Waals surface area contributed by atoms with Gasteiger partial charge in [0.2, 0.25) is 0 Å². The second-order valence-electron chi connectivity index (χ2n) is 4.24. The lowest BCUT2D eigenvalue weighted by Crippen LogP contribution is -2.33. The number of alkyl halides is 2. The number of carbonyl (C=O) groups excluding carboxylic acids is 1. The van der Waals surface area contributed by atoms with Crippen molar-refractivity contribution in [1.29, 1.82) is 0 Å². The molecular formula is C11H15F2N3O. The van der Waals surface area contributed by atoms with E-state index in [1.54, 1.807) is 17.0 Å². The number of halogens is 2. The van der Waals surface area contributed by atoms with Crippen molar-refractivity contribution in [3.05, 3.63) is 24.0 Å². The summed E-state index contributed by atoms with van der Waals surface area (Å²) in [6.45, 7) is 0.645. The van der Waals surface area contributed by atoms with E-state index in [9.17, 15) is 13.6 Å². The maximum absolute atomic E-state index is 12.3. The summed E-state index contributed by atoms with van der Waals surface area (Å²) in [4.78, 5) is 13.7. The number of amides is 1. The first-order chi connectivity index (χ1) is 8.08. The molecule has 1 aromatic rings. The Bertz CT molecular complexity index is 405. The average molecular weight is 243 g/mol. The Balaban J connectivity index is 2.11. The van der Waals surface area contributed by atoms with Crippen LogP contribution in [0.3, 0.4) is 0 Å². The minimum absolute atomic E-state index is 0.00235. The summed E-state index contributed by atoms with van der Waals surface area (Å²) in [5.74, 6) is -0.219. The molecule has 1 aliphatic heterocycles. The molecular weight excluding hydrogens is 228 g/mol. The van der Waals surface area contributed by atoms with Gasteiger partial charge in [-0.1, -0.05) is 0 Å². The molecule has 0 radical (unpaired) electrons. The van der Waals surface area contributed by atoms with Crippen molar-refractivity contribution in [3.63, 3.8) is 0 Å². The van der Waals surface area contributed by atoms with Crippen LogP contribution in [-0.4, -0.2) is 40.9 Å². The Hall–Kier alpha value is -1.43. The molecule has 1 atom stereocenters. The number of aromatic nitrogens is 1. The summed E-state index contributed by atoms with van der Waals surface area (Å²) in [7, 11) is 0. The molecule has 0 bridgehead atoms. The van der Waals surface area contributed by atoms with E-state index in [0.29, 0.717) is 18.8 Å². The lowest BCUT2D eigenvalue weighted by molar-refractivity contribution is 0.0769. The van der Waals surface area contributed by atoms with E-state index in [4.69, 9.17) is 5.73 Å². The molecule has 0 aliphatic carbocycles. The third-order valence-corrected chi connectivity index (χ3v) is 2.90. The van der Waals surface area contributed by atoms with Gasteiger partial charge in [-0.15, -0.1) is 0 Å². The highest BCUT2D eigenvalue weighted by Crippen LogP contribution is 2.14. The molecule has 0 aromatic carbocycles. The SMILES string of the molecule is N[C@@H]1CCN(C(=O)c2cccn2CC(F)F)C1. The van der Waals surface area contributed by atoms with Crippen LogP contribution in [0.1, 0.15) is 16.9 Å². The minimum atomic E-state index is -2.46. The van der Waals surface area contributed by atoms with Crippen molar-refractivity contribution in [2.45, 2.75) is 25.4 Å². The van der Waals surface area contributed by atoms with Gasteiger partial charge in [-0.05, 0) is 18.6 Å². The van der Waals surface area contributed by atoms with Crippen molar-refractivity contribution >= 4 is 5.91 Å². The number of nitrogens with two attached hydrogens (primary N) is 1. The van der Waals surface area contributed by atoms with E-state index in [2.05, 4.69) is 0 Å². The molecule has 1 aliphatic rings. The van der Waals surface area contributed by atoms with Gasteiger partial charge in [0.15, 0.2) is 0 Å². The highest BCUT2D eigenvalue weighted by Gasteiger charge is 2.26. The van der Waals surface area contributed by atoms with Crippen LogP contribution in [0, 0.1) is 0 Å². The van der Waals surface area contributed by atoms with Crippen LogP contribution in [0.4, 0.5) is 8.78 Å². The van der Waals surface area contributed by atoms with Crippen molar-refractivity contribution in [3.8, 4) is 0 Å². The first-order valence-corrected chi connectivity index (χ1v) is 5.56. The highest BCUT2D eigenvalue weighted by molar-refractivity contribution is 5.93. The topological polar surface area (TPSA) is 51.3 Å². The predicted octanol–water partition coefficient (Wildman–Crippen LogP) is 0.926. The van der Waals surface area contributed by atoms with Crippen LogP contribution in [0.2, 0.25) is 0 Å². The van der Waals surface area contributed by atoms with Crippen LogP contribution in [0.5, 0.6) is 0 Å². The first kappa shape index (κ1) is 12.0. The number of hydrogen-bond acceptors (Lipinski definition) is 2. The molecule has 2 heterocycles. The summed E-state index contributed by atoms with van der Waals surface area (Å²) in [6.07, 6.45) is -0.203. The quantitative estimate of drug-likeness (QED) is 0.858. The van der Waals surface area contributed by atoms with Gasteiger partial charge in [0.1, 0.15) is 5.69 Å². The Morgan fingerprint density at radius 1 is 1.59 bits per heavy atom.